The number of para-hydroxylation sites is 1. The van der Waals surface area contributed by atoms with Gasteiger partial charge in [-0.05, 0) is 47.1 Å². The van der Waals surface area contributed by atoms with E-state index in [4.69, 9.17) is 4.74 Å². The van der Waals surface area contributed by atoms with Crippen molar-refractivity contribution in [2.45, 2.75) is 59.0 Å². The number of ether oxygens (including phenoxy) is 1. The summed E-state index contributed by atoms with van der Waals surface area (Å²) in [4.78, 5) is 13.1. The van der Waals surface area contributed by atoms with Crippen LogP contribution < -0.4 is 14.4 Å². The third-order valence-corrected chi connectivity index (χ3v) is 6.71. The monoisotopic (exact) mass is 444 g/mol. The summed E-state index contributed by atoms with van der Waals surface area (Å²) < 4.78 is 32.4. The van der Waals surface area contributed by atoms with Gasteiger partial charge in [0.15, 0.2) is 6.10 Å². The highest BCUT2D eigenvalue weighted by Gasteiger charge is 2.36. The molecule has 2 aromatic rings. The zero-order valence-corrected chi connectivity index (χ0v) is 20.1. The van der Waals surface area contributed by atoms with Crippen molar-refractivity contribution in [1.82, 2.24) is 0 Å². The largest absolute Gasteiger partial charge is 0.476 e. The lowest BCUT2D eigenvalue weighted by Gasteiger charge is -2.35. The third kappa shape index (κ3) is 4.87. The van der Waals surface area contributed by atoms with Crippen molar-refractivity contribution in [3.63, 3.8) is 0 Å². The lowest BCUT2D eigenvalue weighted by molar-refractivity contribution is -0.122. The third-order valence-electron chi connectivity index (χ3n) is 5.56. The van der Waals surface area contributed by atoms with Crippen molar-refractivity contribution in [2.24, 2.45) is 0 Å². The van der Waals surface area contributed by atoms with Gasteiger partial charge in [-0.2, -0.15) is 0 Å². The Bertz CT molecular complexity index is 1100. The van der Waals surface area contributed by atoms with Gasteiger partial charge in [-0.3, -0.25) is 9.10 Å². The number of aryl methyl sites for hydroxylation is 1. The number of carbonyl (C=O) groups is 1. The Morgan fingerprint density at radius 3 is 2.45 bits per heavy atom. The quantitative estimate of drug-likeness (QED) is 0.749. The van der Waals surface area contributed by atoms with Crippen LogP contribution in [0.5, 0.6) is 5.75 Å². The second-order valence-electron chi connectivity index (χ2n) is 9.52. The van der Waals surface area contributed by atoms with Crippen molar-refractivity contribution < 1.29 is 17.9 Å². The van der Waals surface area contributed by atoms with Crippen molar-refractivity contribution in [2.75, 3.05) is 22.4 Å². The minimum absolute atomic E-state index is 0.0752. The van der Waals surface area contributed by atoms with Crippen molar-refractivity contribution in [1.29, 1.82) is 0 Å². The van der Waals surface area contributed by atoms with Crippen LogP contribution in [0.2, 0.25) is 0 Å². The zero-order chi connectivity index (χ0) is 23.1. The molecule has 0 spiro atoms. The van der Waals surface area contributed by atoms with E-state index >= 15 is 0 Å². The molecule has 0 bridgehead atoms. The predicted octanol–water partition coefficient (Wildman–Crippen LogP) is 4.58. The predicted molar refractivity (Wildman–Crippen MR) is 126 cm³/mol. The highest BCUT2D eigenvalue weighted by molar-refractivity contribution is 7.92. The summed E-state index contributed by atoms with van der Waals surface area (Å²) in [6.07, 6.45) is 0.196. The standard InChI is InChI=1S/C24H32N2O4S/c1-15(2)18-10-8-9-16(3)22(18)25-23(27)21-14-26(31(7,28)29)19-13-17(24(4,5)6)11-12-20(19)30-21/h8-13,15,21H,14H2,1-7H3,(H,25,27). The Morgan fingerprint density at radius 1 is 1.19 bits per heavy atom. The number of carbonyl (C=O) groups excluding carboxylic acids is 1. The first-order valence-corrected chi connectivity index (χ1v) is 12.3. The SMILES string of the molecule is Cc1cccc(C(C)C)c1NC(=O)C1CN(S(C)(=O)=O)c2cc(C(C)(C)C)ccc2O1. The summed E-state index contributed by atoms with van der Waals surface area (Å²) in [5.41, 5.74) is 4.05. The molecule has 7 heteroatoms. The van der Waals surface area contributed by atoms with Gasteiger partial charge < -0.3 is 10.1 Å². The van der Waals surface area contributed by atoms with Crippen LogP contribution in [0.1, 0.15) is 57.2 Å². The molecule has 0 aliphatic carbocycles. The number of fused-ring (bicyclic) bond motifs is 1. The first kappa shape index (κ1) is 23.1. The zero-order valence-electron chi connectivity index (χ0n) is 19.3. The number of hydrogen-bond acceptors (Lipinski definition) is 4. The molecular weight excluding hydrogens is 412 g/mol. The van der Waals surface area contributed by atoms with E-state index in [0.29, 0.717) is 11.4 Å². The van der Waals surface area contributed by atoms with Gasteiger partial charge in [0.25, 0.3) is 5.91 Å². The topological polar surface area (TPSA) is 75.7 Å². The summed E-state index contributed by atoms with van der Waals surface area (Å²) in [5.74, 6) is 0.251. The molecule has 0 aromatic heterocycles. The smallest absolute Gasteiger partial charge is 0.267 e. The maximum Gasteiger partial charge on any atom is 0.267 e. The molecule has 31 heavy (non-hydrogen) atoms. The van der Waals surface area contributed by atoms with Gasteiger partial charge in [0.05, 0.1) is 18.5 Å². The lowest BCUT2D eigenvalue weighted by atomic mass is 9.86. The second-order valence-corrected chi connectivity index (χ2v) is 11.4. The minimum Gasteiger partial charge on any atom is -0.476 e. The number of amides is 1. The van der Waals surface area contributed by atoms with E-state index in [-0.39, 0.29) is 23.8 Å². The molecule has 0 radical (unpaired) electrons. The molecule has 2 aromatic carbocycles. The van der Waals surface area contributed by atoms with Crippen LogP contribution in [0.4, 0.5) is 11.4 Å². The first-order valence-electron chi connectivity index (χ1n) is 10.5. The molecule has 0 fully saturated rings. The summed E-state index contributed by atoms with van der Waals surface area (Å²) in [5, 5.41) is 2.98. The number of sulfonamides is 1. The number of anilines is 2. The van der Waals surface area contributed by atoms with Crippen molar-refractivity contribution in [3.8, 4) is 5.75 Å². The molecule has 1 amide bonds. The summed E-state index contributed by atoms with van der Waals surface area (Å²) in [6, 6.07) is 11.4. The van der Waals surface area contributed by atoms with Crippen LogP contribution in [-0.2, 0) is 20.2 Å². The molecule has 3 rings (SSSR count). The van der Waals surface area contributed by atoms with Gasteiger partial charge in [-0.1, -0.05) is 58.9 Å². The average Bonchev–Trinajstić information content (AvgIpc) is 2.66. The number of rotatable bonds is 4. The van der Waals surface area contributed by atoms with E-state index in [2.05, 4.69) is 39.9 Å². The van der Waals surface area contributed by atoms with Crippen LogP contribution in [0, 0.1) is 6.92 Å². The molecule has 0 saturated heterocycles. The fourth-order valence-electron chi connectivity index (χ4n) is 3.71. The molecule has 0 saturated carbocycles. The summed E-state index contributed by atoms with van der Waals surface area (Å²) in [6.45, 7) is 12.2. The number of benzene rings is 2. The molecule has 1 N–H and O–H groups in total. The molecular formula is C24H32N2O4S. The summed E-state index contributed by atoms with van der Waals surface area (Å²) >= 11 is 0. The second kappa shape index (κ2) is 8.19. The molecule has 168 valence electrons. The summed E-state index contributed by atoms with van der Waals surface area (Å²) in [7, 11) is -3.60. The fraction of sp³-hybridized carbons (Fsp3) is 0.458. The minimum atomic E-state index is -3.60. The normalized spacial score (nSPS) is 16.6. The Labute approximate surface area is 185 Å². The van der Waals surface area contributed by atoms with Crippen molar-refractivity contribution >= 4 is 27.3 Å². The highest BCUT2D eigenvalue weighted by Crippen LogP contribution is 2.39. The number of hydrogen-bond donors (Lipinski definition) is 1. The maximum atomic E-state index is 13.1. The molecule has 1 aliphatic rings. The van der Waals surface area contributed by atoms with E-state index in [9.17, 15) is 13.2 Å². The molecule has 6 nitrogen and oxygen atoms in total. The van der Waals surface area contributed by atoms with Crippen LogP contribution >= 0.6 is 0 Å². The Kier molecular flexibility index (Phi) is 6.11. The van der Waals surface area contributed by atoms with Gasteiger partial charge in [0, 0.05) is 5.69 Å². The Hall–Kier alpha value is -2.54. The maximum absolute atomic E-state index is 13.1. The van der Waals surface area contributed by atoms with Gasteiger partial charge in [-0.25, -0.2) is 8.42 Å². The Morgan fingerprint density at radius 2 is 1.87 bits per heavy atom. The van der Waals surface area contributed by atoms with Crippen LogP contribution in [0.3, 0.4) is 0 Å². The molecule has 1 aliphatic heterocycles. The van der Waals surface area contributed by atoms with Crippen LogP contribution in [0.25, 0.3) is 0 Å². The fourth-order valence-corrected chi connectivity index (χ4v) is 4.62. The average molecular weight is 445 g/mol. The van der Waals surface area contributed by atoms with E-state index in [1.165, 1.54) is 4.31 Å². The first-order chi connectivity index (χ1) is 14.3. The van der Waals surface area contributed by atoms with Crippen LogP contribution in [0.15, 0.2) is 36.4 Å². The molecule has 1 atom stereocenters. The van der Waals surface area contributed by atoms with Gasteiger partial charge in [0.1, 0.15) is 5.75 Å². The molecule has 1 unspecified atom stereocenters. The molecule has 1 heterocycles. The van der Waals surface area contributed by atoms with Crippen molar-refractivity contribution in [3.05, 3.63) is 53.1 Å². The van der Waals surface area contributed by atoms with Gasteiger partial charge in [0.2, 0.25) is 10.0 Å². The van der Waals surface area contributed by atoms with Crippen LogP contribution in [-0.4, -0.2) is 33.2 Å². The van der Waals surface area contributed by atoms with Gasteiger partial charge in [-0.15, -0.1) is 0 Å². The van der Waals surface area contributed by atoms with E-state index < -0.39 is 16.1 Å². The lowest BCUT2D eigenvalue weighted by Crippen LogP contribution is -2.48. The van der Waals surface area contributed by atoms with Gasteiger partial charge >= 0.3 is 0 Å². The van der Waals surface area contributed by atoms with E-state index in [1.54, 1.807) is 6.07 Å². The van der Waals surface area contributed by atoms with E-state index in [0.717, 1.165) is 28.6 Å². The number of nitrogens with zero attached hydrogens (tertiary/aromatic N) is 1. The number of nitrogens with one attached hydrogen (secondary N) is 1. The Balaban J connectivity index is 1.96. The van der Waals surface area contributed by atoms with E-state index in [1.807, 2.05) is 37.3 Å². The highest BCUT2D eigenvalue weighted by atomic mass is 32.2.